The molecule has 1 atom stereocenters. The van der Waals surface area contributed by atoms with E-state index in [-0.39, 0.29) is 18.4 Å². The maximum absolute atomic E-state index is 12.0. The van der Waals surface area contributed by atoms with Crippen molar-refractivity contribution in [3.8, 4) is 11.5 Å². The van der Waals surface area contributed by atoms with Gasteiger partial charge in [0.1, 0.15) is 13.2 Å². The van der Waals surface area contributed by atoms with E-state index < -0.39 is 6.10 Å². The minimum Gasteiger partial charge on any atom is -0.486 e. The van der Waals surface area contributed by atoms with E-state index in [0.717, 1.165) is 0 Å². The van der Waals surface area contributed by atoms with Crippen LogP contribution < -0.4 is 14.8 Å². The second kappa shape index (κ2) is 6.33. The van der Waals surface area contributed by atoms with Gasteiger partial charge in [-0.2, -0.15) is 0 Å². The van der Waals surface area contributed by atoms with Crippen LogP contribution >= 0.6 is 11.6 Å². The highest BCUT2D eigenvalue weighted by molar-refractivity contribution is 6.32. The van der Waals surface area contributed by atoms with Crippen LogP contribution in [-0.2, 0) is 0 Å². The first-order valence-electron chi connectivity index (χ1n) is 6.54. The molecular formula is C14H18ClNO4. The maximum atomic E-state index is 12.0. The summed E-state index contributed by atoms with van der Waals surface area (Å²) in [5.74, 6) is 0.720. The summed E-state index contributed by atoms with van der Waals surface area (Å²) in [4.78, 5) is 12.0. The van der Waals surface area contributed by atoms with Crippen LogP contribution in [0.15, 0.2) is 12.1 Å². The number of aliphatic hydroxyl groups is 1. The number of halogens is 1. The third kappa shape index (κ3) is 3.35. The zero-order valence-electron chi connectivity index (χ0n) is 11.5. The zero-order valence-corrected chi connectivity index (χ0v) is 12.2. The molecule has 110 valence electrons. The quantitative estimate of drug-likeness (QED) is 0.890. The summed E-state index contributed by atoms with van der Waals surface area (Å²) in [7, 11) is 0. The van der Waals surface area contributed by atoms with Gasteiger partial charge in [0.25, 0.3) is 5.91 Å². The fraction of sp³-hybridized carbons (Fsp3) is 0.500. The van der Waals surface area contributed by atoms with E-state index in [1.54, 1.807) is 6.07 Å². The number of rotatable bonds is 4. The summed E-state index contributed by atoms with van der Waals surface area (Å²) in [6.07, 6.45) is -0.577. The van der Waals surface area contributed by atoms with Crippen molar-refractivity contribution in [2.24, 2.45) is 5.92 Å². The van der Waals surface area contributed by atoms with Gasteiger partial charge >= 0.3 is 0 Å². The van der Waals surface area contributed by atoms with Gasteiger partial charge in [0.15, 0.2) is 11.5 Å². The number of amides is 1. The Morgan fingerprint density at radius 3 is 2.80 bits per heavy atom. The molecular weight excluding hydrogens is 282 g/mol. The van der Waals surface area contributed by atoms with E-state index in [1.807, 2.05) is 13.8 Å². The molecule has 2 rings (SSSR count). The van der Waals surface area contributed by atoms with Gasteiger partial charge in [-0.05, 0) is 18.1 Å². The summed E-state index contributed by atoms with van der Waals surface area (Å²) in [6, 6.07) is 3.13. The molecule has 0 radical (unpaired) electrons. The maximum Gasteiger partial charge on any atom is 0.251 e. The van der Waals surface area contributed by atoms with Crippen molar-refractivity contribution in [2.45, 2.75) is 20.0 Å². The largest absolute Gasteiger partial charge is 0.486 e. The molecule has 0 aliphatic carbocycles. The van der Waals surface area contributed by atoms with Crippen molar-refractivity contribution in [3.05, 3.63) is 22.7 Å². The fourth-order valence-corrected chi connectivity index (χ4v) is 2.04. The lowest BCUT2D eigenvalue weighted by Crippen LogP contribution is -2.34. The standard InChI is InChI=1S/C14H18ClNO4/c1-8(2)11(17)7-16-14(18)9-5-10(15)13-12(6-9)19-3-4-20-13/h5-6,8,11,17H,3-4,7H2,1-2H3,(H,16,18). The van der Waals surface area contributed by atoms with Crippen molar-refractivity contribution >= 4 is 17.5 Å². The Hall–Kier alpha value is -1.46. The van der Waals surface area contributed by atoms with E-state index in [9.17, 15) is 9.90 Å². The fourth-order valence-electron chi connectivity index (χ4n) is 1.78. The van der Waals surface area contributed by atoms with Crippen LogP contribution in [0.3, 0.4) is 0 Å². The van der Waals surface area contributed by atoms with Gasteiger partial charge in [-0.1, -0.05) is 25.4 Å². The first-order valence-corrected chi connectivity index (χ1v) is 6.92. The molecule has 2 N–H and O–H groups in total. The Labute approximate surface area is 122 Å². The van der Waals surface area contributed by atoms with Gasteiger partial charge in [0.2, 0.25) is 0 Å². The topological polar surface area (TPSA) is 67.8 Å². The number of hydrogen-bond donors (Lipinski definition) is 2. The van der Waals surface area contributed by atoms with Gasteiger partial charge in [0.05, 0.1) is 11.1 Å². The molecule has 1 aliphatic rings. The highest BCUT2D eigenvalue weighted by Gasteiger charge is 2.19. The van der Waals surface area contributed by atoms with E-state index >= 15 is 0 Å². The first kappa shape index (κ1) is 14.9. The molecule has 6 heteroatoms. The third-order valence-corrected chi connectivity index (χ3v) is 3.38. The van der Waals surface area contributed by atoms with Crippen molar-refractivity contribution in [1.82, 2.24) is 5.32 Å². The van der Waals surface area contributed by atoms with Gasteiger partial charge in [0, 0.05) is 12.1 Å². The number of nitrogens with one attached hydrogen (secondary N) is 1. The molecule has 1 amide bonds. The van der Waals surface area contributed by atoms with E-state index in [0.29, 0.717) is 35.3 Å². The highest BCUT2D eigenvalue weighted by Crippen LogP contribution is 2.38. The Balaban J connectivity index is 2.09. The average Bonchev–Trinajstić information content (AvgIpc) is 2.44. The molecule has 0 saturated heterocycles. The van der Waals surface area contributed by atoms with Crippen LogP contribution in [0.25, 0.3) is 0 Å². The van der Waals surface area contributed by atoms with Crippen molar-refractivity contribution < 1.29 is 19.4 Å². The smallest absolute Gasteiger partial charge is 0.251 e. The third-order valence-electron chi connectivity index (χ3n) is 3.10. The number of aliphatic hydroxyl groups excluding tert-OH is 1. The predicted molar refractivity (Wildman–Crippen MR) is 75.6 cm³/mol. The predicted octanol–water partition coefficient (Wildman–Crippen LogP) is 1.86. The molecule has 1 aromatic carbocycles. The Bertz CT molecular complexity index is 504. The molecule has 0 saturated carbocycles. The van der Waals surface area contributed by atoms with Crippen molar-refractivity contribution in [1.29, 1.82) is 0 Å². The summed E-state index contributed by atoms with van der Waals surface area (Å²) in [6.45, 7) is 4.84. The zero-order chi connectivity index (χ0) is 14.7. The Morgan fingerprint density at radius 2 is 2.10 bits per heavy atom. The van der Waals surface area contributed by atoms with Crippen LogP contribution in [0.4, 0.5) is 0 Å². The number of benzene rings is 1. The molecule has 0 bridgehead atoms. The lowest BCUT2D eigenvalue weighted by molar-refractivity contribution is 0.0870. The molecule has 20 heavy (non-hydrogen) atoms. The molecule has 0 aromatic heterocycles. The molecule has 5 nitrogen and oxygen atoms in total. The van der Waals surface area contributed by atoms with Gasteiger partial charge < -0.3 is 19.9 Å². The summed E-state index contributed by atoms with van der Waals surface area (Å²) in [5.41, 5.74) is 0.384. The van der Waals surface area contributed by atoms with E-state index in [4.69, 9.17) is 21.1 Å². The first-order chi connectivity index (χ1) is 9.49. The number of hydrogen-bond acceptors (Lipinski definition) is 4. The number of ether oxygens (including phenoxy) is 2. The monoisotopic (exact) mass is 299 g/mol. The van der Waals surface area contributed by atoms with Crippen LogP contribution in [0, 0.1) is 5.92 Å². The lowest BCUT2D eigenvalue weighted by atomic mass is 10.1. The van der Waals surface area contributed by atoms with Gasteiger partial charge in [-0.3, -0.25) is 4.79 Å². The normalized spacial score (nSPS) is 15.1. The second-order valence-corrected chi connectivity index (χ2v) is 5.41. The summed E-state index contributed by atoms with van der Waals surface area (Å²) >= 11 is 6.07. The van der Waals surface area contributed by atoms with Gasteiger partial charge in [-0.15, -0.1) is 0 Å². The van der Waals surface area contributed by atoms with Crippen LogP contribution in [0.1, 0.15) is 24.2 Å². The van der Waals surface area contributed by atoms with E-state index in [2.05, 4.69) is 5.32 Å². The highest BCUT2D eigenvalue weighted by atomic mass is 35.5. The summed E-state index contributed by atoms with van der Waals surface area (Å²) in [5, 5.41) is 12.7. The molecule has 1 aromatic rings. The number of carbonyl (C=O) groups is 1. The van der Waals surface area contributed by atoms with Gasteiger partial charge in [-0.25, -0.2) is 0 Å². The Morgan fingerprint density at radius 1 is 1.40 bits per heavy atom. The second-order valence-electron chi connectivity index (χ2n) is 5.00. The van der Waals surface area contributed by atoms with Crippen LogP contribution in [-0.4, -0.2) is 36.9 Å². The average molecular weight is 300 g/mol. The Kier molecular flexibility index (Phi) is 4.73. The molecule has 1 heterocycles. The number of fused-ring (bicyclic) bond motifs is 1. The van der Waals surface area contributed by atoms with E-state index in [1.165, 1.54) is 6.07 Å². The molecule has 1 aliphatic heterocycles. The van der Waals surface area contributed by atoms with Crippen LogP contribution in [0.2, 0.25) is 5.02 Å². The lowest BCUT2D eigenvalue weighted by Gasteiger charge is -2.20. The molecule has 0 fully saturated rings. The minimum absolute atomic E-state index is 0.0826. The SMILES string of the molecule is CC(C)C(O)CNC(=O)c1cc(Cl)c2c(c1)OCCO2. The van der Waals surface area contributed by atoms with Crippen molar-refractivity contribution in [3.63, 3.8) is 0 Å². The minimum atomic E-state index is -0.577. The summed E-state index contributed by atoms with van der Waals surface area (Å²) < 4.78 is 10.8. The number of carbonyl (C=O) groups excluding carboxylic acids is 1. The molecule has 1 unspecified atom stereocenters. The molecule has 0 spiro atoms. The van der Waals surface area contributed by atoms with Crippen LogP contribution in [0.5, 0.6) is 11.5 Å². The van der Waals surface area contributed by atoms with Crippen molar-refractivity contribution in [2.75, 3.05) is 19.8 Å².